The third-order valence-corrected chi connectivity index (χ3v) is 2.39. The molecule has 0 aromatic carbocycles. The Hall–Kier alpha value is -0.850. The quantitative estimate of drug-likeness (QED) is 0.787. The first-order chi connectivity index (χ1) is 7.83. The summed E-state index contributed by atoms with van der Waals surface area (Å²) in [6.07, 6.45) is -2.62. The van der Waals surface area contributed by atoms with Crippen LogP contribution in [0.1, 0.15) is 13.3 Å². The van der Waals surface area contributed by atoms with Gasteiger partial charge in [-0.1, -0.05) is 6.92 Å². The molecule has 0 fully saturated rings. The van der Waals surface area contributed by atoms with E-state index in [4.69, 9.17) is 0 Å². The van der Waals surface area contributed by atoms with Crippen molar-refractivity contribution < 1.29 is 17.6 Å². The number of aromatic nitrogens is 1. The average Bonchev–Trinajstić information content (AvgIpc) is 2.14. The van der Waals surface area contributed by atoms with Crippen LogP contribution in [0.2, 0.25) is 0 Å². The zero-order valence-corrected chi connectivity index (χ0v) is 10.6. The average molecular weight is 315 g/mol. The van der Waals surface area contributed by atoms with E-state index in [0.29, 0.717) is 10.9 Å². The van der Waals surface area contributed by atoms with Crippen LogP contribution in [0.5, 0.6) is 0 Å². The lowest BCUT2D eigenvalue weighted by Gasteiger charge is -2.24. The standard InChI is InChI=1S/C10H11BrF4N2/c1-2-3-17(6-10(13,14)15)9-8(12)4-7(11)5-16-9/h4-5H,2-3,6H2,1H3. The summed E-state index contributed by atoms with van der Waals surface area (Å²) in [5.41, 5.74) is 0. The number of hydrogen-bond donors (Lipinski definition) is 0. The van der Waals surface area contributed by atoms with Crippen molar-refractivity contribution in [1.82, 2.24) is 4.98 Å². The van der Waals surface area contributed by atoms with Crippen LogP contribution in [0.4, 0.5) is 23.4 Å². The molecule has 96 valence electrons. The van der Waals surface area contributed by atoms with Crippen molar-refractivity contribution >= 4 is 21.7 Å². The van der Waals surface area contributed by atoms with Gasteiger partial charge in [-0.25, -0.2) is 9.37 Å². The van der Waals surface area contributed by atoms with Crippen LogP contribution in [0.25, 0.3) is 0 Å². The highest BCUT2D eigenvalue weighted by Crippen LogP contribution is 2.24. The minimum Gasteiger partial charge on any atom is -0.345 e. The number of anilines is 1. The molecule has 0 spiro atoms. The van der Waals surface area contributed by atoms with Crippen LogP contribution >= 0.6 is 15.9 Å². The first-order valence-electron chi connectivity index (χ1n) is 4.96. The lowest BCUT2D eigenvalue weighted by Crippen LogP contribution is -2.36. The Kier molecular flexibility index (Phi) is 4.73. The predicted molar refractivity (Wildman–Crippen MR) is 60.5 cm³/mol. The highest BCUT2D eigenvalue weighted by atomic mass is 79.9. The fourth-order valence-corrected chi connectivity index (χ4v) is 1.69. The number of pyridine rings is 1. The number of halogens is 5. The third kappa shape index (κ3) is 4.49. The second-order valence-electron chi connectivity index (χ2n) is 3.50. The topological polar surface area (TPSA) is 16.1 Å². The summed E-state index contributed by atoms with van der Waals surface area (Å²) in [6.45, 7) is 0.623. The molecule has 0 unspecified atom stereocenters. The highest BCUT2D eigenvalue weighted by Gasteiger charge is 2.32. The van der Waals surface area contributed by atoms with Crippen molar-refractivity contribution in [2.24, 2.45) is 0 Å². The zero-order valence-electron chi connectivity index (χ0n) is 9.06. The van der Waals surface area contributed by atoms with Crippen molar-refractivity contribution in [3.63, 3.8) is 0 Å². The highest BCUT2D eigenvalue weighted by molar-refractivity contribution is 9.10. The summed E-state index contributed by atoms with van der Waals surface area (Å²) in [4.78, 5) is 4.58. The first kappa shape index (κ1) is 14.2. The van der Waals surface area contributed by atoms with Crippen LogP contribution in [0, 0.1) is 5.82 Å². The van der Waals surface area contributed by atoms with Gasteiger partial charge >= 0.3 is 6.18 Å². The Morgan fingerprint density at radius 2 is 2.06 bits per heavy atom. The molecule has 0 aliphatic heterocycles. The van der Waals surface area contributed by atoms with Crippen molar-refractivity contribution in [2.45, 2.75) is 19.5 Å². The van der Waals surface area contributed by atoms with E-state index in [-0.39, 0.29) is 12.4 Å². The molecular weight excluding hydrogens is 304 g/mol. The zero-order chi connectivity index (χ0) is 13.1. The fourth-order valence-electron chi connectivity index (χ4n) is 1.39. The summed E-state index contributed by atoms with van der Waals surface area (Å²) in [5.74, 6) is -1.04. The normalized spacial score (nSPS) is 11.6. The Balaban J connectivity index is 2.97. The van der Waals surface area contributed by atoms with E-state index in [2.05, 4.69) is 20.9 Å². The van der Waals surface area contributed by atoms with Gasteiger partial charge in [0.2, 0.25) is 0 Å². The lowest BCUT2D eigenvalue weighted by atomic mass is 10.3. The van der Waals surface area contributed by atoms with Gasteiger partial charge in [0.25, 0.3) is 0 Å². The maximum Gasteiger partial charge on any atom is 0.405 e. The van der Waals surface area contributed by atoms with E-state index in [9.17, 15) is 17.6 Å². The van der Waals surface area contributed by atoms with Crippen LogP contribution in [-0.4, -0.2) is 24.2 Å². The SMILES string of the molecule is CCCN(CC(F)(F)F)c1ncc(Br)cc1F. The summed E-state index contributed by atoms with van der Waals surface area (Å²) in [7, 11) is 0. The third-order valence-electron chi connectivity index (χ3n) is 1.95. The van der Waals surface area contributed by atoms with E-state index in [1.807, 2.05) is 0 Å². The monoisotopic (exact) mass is 314 g/mol. The second-order valence-corrected chi connectivity index (χ2v) is 4.41. The van der Waals surface area contributed by atoms with Crippen LogP contribution in [0.15, 0.2) is 16.7 Å². The molecule has 2 nitrogen and oxygen atoms in total. The molecule has 0 N–H and O–H groups in total. The fraction of sp³-hybridized carbons (Fsp3) is 0.500. The van der Waals surface area contributed by atoms with Crippen LogP contribution < -0.4 is 4.90 Å². The molecule has 0 aliphatic rings. The van der Waals surface area contributed by atoms with Gasteiger partial charge in [0, 0.05) is 17.2 Å². The number of hydrogen-bond acceptors (Lipinski definition) is 2. The molecule has 0 aliphatic carbocycles. The number of alkyl halides is 3. The molecule has 0 radical (unpaired) electrons. The Morgan fingerprint density at radius 1 is 1.41 bits per heavy atom. The van der Waals surface area contributed by atoms with Crippen molar-refractivity contribution in [2.75, 3.05) is 18.0 Å². The Labute approximate surface area is 105 Å². The van der Waals surface area contributed by atoms with Gasteiger partial charge in [0.05, 0.1) is 0 Å². The molecule has 17 heavy (non-hydrogen) atoms. The van der Waals surface area contributed by atoms with E-state index >= 15 is 0 Å². The van der Waals surface area contributed by atoms with Gasteiger partial charge in [0.1, 0.15) is 6.54 Å². The predicted octanol–water partition coefficient (Wildman–Crippen LogP) is 3.76. The van der Waals surface area contributed by atoms with Crippen LogP contribution in [-0.2, 0) is 0 Å². The van der Waals surface area contributed by atoms with E-state index < -0.39 is 18.5 Å². The van der Waals surface area contributed by atoms with Crippen molar-refractivity contribution in [3.8, 4) is 0 Å². The molecule has 1 aromatic rings. The minimum absolute atomic E-state index is 0.102. The number of nitrogens with zero attached hydrogens (tertiary/aromatic N) is 2. The van der Waals surface area contributed by atoms with Gasteiger partial charge in [-0.05, 0) is 28.4 Å². The molecule has 7 heteroatoms. The summed E-state index contributed by atoms with van der Waals surface area (Å²) in [5, 5.41) is 0. The molecule has 0 amide bonds. The van der Waals surface area contributed by atoms with Gasteiger partial charge in [0.15, 0.2) is 11.6 Å². The van der Waals surface area contributed by atoms with Crippen LogP contribution in [0.3, 0.4) is 0 Å². The Morgan fingerprint density at radius 3 is 2.53 bits per heavy atom. The minimum atomic E-state index is -4.38. The summed E-state index contributed by atoms with van der Waals surface area (Å²) in [6, 6.07) is 1.10. The van der Waals surface area contributed by atoms with E-state index in [1.54, 1.807) is 6.92 Å². The molecule has 1 aromatic heterocycles. The number of rotatable bonds is 4. The maximum atomic E-state index is 13.5. The van der Waals surface area contributed by atoms with E-state index in [0.717, 1.165) is 11.0 Å². The lowest BCUT2D eigenvalue weighted by molar-refractivity contribution is -0.119. The Bertz CT molecular complexity index is 381. The van der Waals surface area contributed by atoms with Gasteiger partial charge in [-0.15, -0.1) is 0 Å². The van der Waals surface area contributed by atoms with Crippen molar-refractivity contribution in [1.29, 1.82) is 0 Å². The molecular formula is C10H11BrF4N2. The molecule has 0 saturated carbocycles. The van der Waals surface area contributed by atoms with Gasteiger partial charge < -0.3 is 4.90 Å². The van der Waals surface area contributed by atoms with Crippen molar-refractivity contribution in [3.05, 3.63) is 22.6 Å². The second kappa shape index (κ2) is 5.66. The summed E-state index contributed by atoms with van der Waals surface area (Å²) < 4.78 is 50.9. The molecule has 1 heterocycles. The van der Waals surface area contributed by atoms with Gasteiger partial charge in [-0.2, -0.15) is 13.2 Å². The van der Waals surface area contributed by atoms with E-state index in [1.165, 1.54) is 6.20 Å². The molecule has 0 atom stereocenters. The molecule has 0 saturated heterocycles. The smallest absolute Gasteiger partial charge is 0.345 e. The maximum absolute atomic E-state index is 13.5. The van der Waals surface area contributed by atoms with Gasteiger partial charge in [-0.3, -0.25) is 0 Å². The molecule has 1 rings (SSSR count). The largest absolute Gasteiger partial charge is 0.405 e. The first-order valence-corrected chi connectivity index (χ1v) is 5.75. The summed E-state index contributed by atoms with van der Waals surface area (Å²) >= 11 is 3.00. The molecule has 0 bridgehead atoms.